The lowest BCUT2D eigenvalue weighted by molar-refractivity contribution is -0.888. The van der Waals surface area contributed by atoms with E-state index < -0.39 is 0 Å². The third-order valence-corrected chi connectivity index (χ3v) is 4.19. The van der Waals surface area contributed by atoms with Crippen molar-refractivity contribution in [3.05, 3.63) is 0 Å². The number of aliphatic hydroxyl groups is 1. The monoisotopic (exact) mass is 364 g/mol. The summed E-state index contributed by atoms with van der Waals surface area (Å²) in [6, 6.07) is 0. The van der Waals surface area contributed by atoms with Crippen LogP contribution in [0.15, 0.2) is 0 Å². The van der Waals surface area contributed by atoms with Crippen LogP contribution in [0.25, 0.3) is 0 Å². The summed E-state index contributed by atoms with van der Waals surface area (Å²) in [6.07, 6.45) is 2.47. The van der Waals surface area contributed by atoms with Gasteiger partial charge in [0.25, 0.3) is 0 Å². The number of ketones is 1. The molecule has 0 fully saturated rings. The van der Waals surface area contributed by atoms with Gasteiger partial charge in [0.05, 0.1) is 82.6 Å². The number of carbonyl (C=O) groups is 1. The summed E-state index contributed by atoms with van der Waals surface area (Å²) in [5, 5.41) is 8.52. The van der Waals surface area contributed by atoms with Crippen molar-refractivity contribution < 1.29 is 23.4 Å². The highest BCUT2D eigenvalue weighted by Gasteiger charge is 2.08. The average molecular weight is 365 g/mol. The fourth-order valence-corrected chi connectivity index (χ4v) is 1.36. The number of carbonyl (C=O) groups excluding carboxylic acids is 1. The highest BCUT2D eigenvalue weighted by molar-refractivity contribution is 5.77. The Morgan fingerprint density at radius 3 is 1.40 bits per heavy atom. The summed E-state index contributed by atoms with van der Waals surface area (Å²) in [4.78, 5) is 10.9. The van der Waals surface area contributed by atoms with E-state index in [2.05, 4.69) is 70.2 Å². The second-order valence-corrected chi connectivity index (χ2v) is 9.32. The maximum absolute atomic E-state index is 10.9. The number of quaternary nitrogens is 3. The fraction of sp³-hybridized carbons (Fsp3) is 0.950. The van der Waals surface area contributed by atoms with Crippen molar-refractivity contribution in [1.82, 2.24) is 0 Å². The predicted molar refractivity (Wildman–Crippen MR) is 111 cm³/mol. The standard InChI is InChI=1S/C9H20NO.C6H16NO.C5H14N/c1-5-9(11)7-6-8-10(2,3)4;1-4-7(2,3)5-6-8;1-5-6(2,3)4/h5-8H2,1-4H3;8H,4-6H2,1-3H3;5H2,1-4H3/q3*+1. The molecule has 0 aromatic heterocycles. The van der Waals surface area contributed by atoms with Crippen LogP contribution in [0.2, 0.25) is 0 Å². The van der Waals surface area contributed by atoms with Crippen molar-refractivity contribution in [1.29, 1.82) is 0 Å². The molecule has 0 aliphatic carbocycles. The highest BCUT2D eigenvalue weighted by Crippen LogP contribution is 1.99. The fourth-order valence-electron chi connectivity index (χ4n) is 1.36. The number of nitrogens with zero attached hydrogens (tertiary/aromatic N) is 3. The first-order valence-electron chi connectivity index (χ1n) is 9.69. The van der Waals surface area contributed by atoms with E-state index >= 15 is 0 Å². The quantitative estimate of drug-likeness (QED) is 0.637. The largest absolute Gasteiger partial charge is 0.391 e. The molecule has 5 heteroatoms. The minimum Gasteiger partial charge on any atom is -0.391 e. The summed E-state index contributed by atoms with van der Waals surface area (Å²) in [7, 11) is 17.2. The molecule has 0 atom stereocenters. The van der Waals surface area contributed by atoms with Crippen LogP contribution in [0.5, 0.6) is 0 Å². The molecule has 0 aromatic carbocycles. The molecule has 0 rings (SSSR count). The van der Waals surface area contributed by atoms with Gasteiger partial charge >= 0.3 is 0 Å². The molecule has 0 saturated carbocycles. The summed E-state index contributed by atoms with van der Waals surface area (Å²) in [5.41, 5.74) is 0. The zero-order chi connectivity index (χ0) is 20.7. The Labute approximate surface area is 159 Å². The Morgan fingerprint density at radius 1 is 0.760 bits per heavy atom. The van der Waals surface area contributed by atoms with Gasteiger partial charge in [0, 0.05) is 19.3 Å². The Kier molecular flexibility index (Phi) is 17.2. The molecule has 0 radical (unpaired) electrons. The van der Waals surface area contributed by atoms with Gasteiger partial charge in [0.2, 0.25) is 0 Å². The molecule has 0 aliphatic rings. The van der Waals surface area contributed by atoms with E-state index in [-0.39, 0.29) is 0 Å². The first-order chi connectivity index (χ1) is 11.1. The molecule has 0 saturated heterocycles. The highest BCUT2D eigenvalue weighted by atomic mass is 16.3. The second-order valence-electron chi connectivity index (χ2n) is 9.32. The molecule has 154 valence electrons. The first kappa shape index (κ1) is 29.3. The van der Waals surface area contributed by atoms with Crippen molar-refractivity contribution in [2.24, 2.45) is 0 Å². The molecular formula is C20H50N3O2+3. The topological polar surface area (TPSA) is 37.3 Å². The number of Topliss-reactive ketones (excluding diaryl/α,β-unsaturated/α-hetero) is 1. The van der Waals surface area contributed by atoms with Crippen molar-refractivity contribution in [2.45, 2.75) is 40.0 Å². The molecule has 0 spiro atoms. The van der Waals surface area contributed by atoms with Gasteiger partial charge in [0.1, 0.15) is 12.3 Å². The molecule has 5 nitrogen and oxygen atoms in total. The number of likely N-dealkylation sites (N-methyl/N-ethyl adjacent to an activating group) is 1. The lowest BCUT2D eigenvalue weighted by Gasteiger charge is -2.26. The number of aliphatic hydroxyl groups excluding tert-OH is 1. The summed E-state index contributed by atoms with van der Waals surface area (Å²) in [5.74, 6) is 0.387. The van der Waals surface area contributed by atoms with Crippen LogP contribution < -0.4 is 0 Å². The number of hydrogen-bond acceptors (Lipinski definition) is 2. The summed E-state index contributed by atoms with van der Waals surface area (Å²) in [6.45, 7) is 10.8. The van der Waals surface area contributed by atoms with Gasteiger partial charge in [-0.25, -0.2) is 0 Å². The number of rotatable bonds is 9. The Balaban J connectivity index is -0.000000306. The van der Waals surface area contributed by atoms with Gasteiger partial charge in [-0.2, -0.15) is 0 Å². The minimum atomic E-state index is 0.292. The van der Waals surface area contributed by atoms with Crippen LogP contribution >= 0.6 is 0 Å². The minimum absolute atomic E-state index is 0.292. The van der Waals surface area contributed by atoms with Gasteiger partial charge in [-0.1, -0.05) is 6.92 Å². The van der Waals surface area contributed by atoms with Gasteiger partial charge in [-0.3, -0.25) is 4.79 Å². The Hall–Kier alpha value is -0.490. The molecule has 1 N–H and O–H groups in total. The van der Waals surface area contributed by atoms with Crippen LogP contribution in [-0.2, 0) is 4.79 Å². The van der Waals surface area contributed by atoms with Crippen molar-refractivity contribution in [3.8, 4) is 0 Å². The van der Waals surface area contributed by atoms with Gasteiger partial charge in [-0.15, -0.1) is 0 Å². The lowest BCUT2D eigenvalue weighted by Crippen LogP contribution is -2.41. The van der Waals surface area contributed by atoms with Gasteiger partial charge in [0.15, 0.2) is 0 Å². The van der Waals surface area contributed by atoms with E-state index in [1.165, 1.54) is 6.54 Å². The zero-order valence-electron chi connectivity index (χ0n) is 19.4. The zero-order valence-corrected chi connectivity index (χ0v) is 19.4. The van der Waals surface area contributed by atoms with Crippen molar-refractivity contribution in [3.63, 3.8) is 0 Å². The lowest BCUT2D eigenvalue weighted by atomic mass is 10.2. The molecule has 0 bridgehead atoms. The second kappa shape index (κ2) is 14.7. The van der Waals surface area contributed by atoms with Crippen LogP contribution in [0.3, 0.4) is 0 Å². The molecule has 0 aliphatic heterocycles. The van der Waals surface area contributed by atoms with E-state index in [4.69, 9.17) is 5.11 Å². The van der Waals surface area contributed by atoms with Crippen molar-refractivity contribution >= 4 is 5.78 Å². The molecular weight excluding hydrogens is 314 g/mol. The Morgan fingerprint density at radius 2 is 1.20 bits per heavy atom. The van der Waals surface area contributed by atoms with Crippen LogP contribution in [0.4, 0.5) is 0 Å². The van der Waals surface area contributed by atoms with Crippen LogP contribution in [0, 0.1) is 0 Å². The molecule has 0 heterocycles. The van der Waals surface area contributed by atoms with E-state index in [0.717, 1.165) is 45.9 Å². The van der Waals surface area contributed by atoms with Crippen molar-refractivity contribution in [2.75, 3.05) is 89.2 Å². The third-order valence-electron chi connectivity index (χ3n) is 4.19. The van der Waals surface area contributed by atoms with E-state index in [1.807, 2.05) is 6.92 Å². The molecule has 0 amide bonds. The predicted octanol–water partition coefficient (Wildman–Crippen LogP) is 2.24. The maximum Gasteiger partial charge on any atom is 0.132 e. The molecule has 0 aromatic rings. The number of hydrogen-bond donors (Lipinski definition) is 1. The molecule has 0 unspecified atom stereocenters. The first-order valence-corrected chi connectivity index (χ1v) is 9.69. The smallest absolute Gasteiger partial charge is 0.132 e. The SMILES string of the molecule is CCC(=O)CCC[N+](C)(C)C.CC[N+](C)(C)C.CC[N+](C)(C)CCO. The van der Waals surface area contributed by atoms with E-state index in [1.54, 1.807) is 0 Å². The Bertz CT molecular complexity index is 316. The normalized spacial score (nSPS) is 11.8. The van der Waals surface area contributed by atoms with Gasteiger partial charge < -0.3 is 18.6 Å². The third kappa shape index (κ3) is 31.7. The summed E-state index contributed by atoms with van der Waals surface area (Å²) >= 11 is 0. The van der Waals surface area contributed by atoms with E-state index in [0.29, 0.717) is 18.8 Å². The van der Waals surface area contributed by atoms with Gasteiger partial charge in [-0.05, 0) is 13.8 Å². The van der Waals surface area contributed by atoms with Crippen LogP contribution in [-0.4, -0.2) is 114 Å². The molecule has 25 heavy (non-hydrogen) atoms. The maximum atomic E-state index is 10.9. The van der Waals surface area contributed by atoms with E-state index in [9.17, 15) is 4.79 Å². The van der Waals surface area contributed by atoms with Crippen LogP contribution in [0.1, 0.15) is 40.0 Å². The average Bonchev–Trinajstić information content (AvgIpc) is 2.46. The summed E-state index contributed by atoms with van der Waals surface area (Å²) < 4.78 is 2.94.